The monoisotopic (exact) mass is 269 g/mol. The van der Waals surface area contributed by atoms with E-state index in [1.165, 1.54) is 0 Å². The number of hydrogen-bond acceptors (Lipinski definition) is 3. The van der Waals surface area contributed by atoms with E-state index in [-0.39, 0.29) is 5.78 Å². The van der Waals surface area contributed by atoms with Gasteiger partial charge in [0.15, 0.2) is 5.78 Å². The molecule has 0 aliphatic carbocycles. The van der Waals surface area contributed by atoms with Crippen LogP contribution in [0.2, 0.25) is 0 Å². The van der Waals surface area contributed by atoms with Crippen molar-refractivity contribution >= 4 is 11.5 Å². The van der Waals surface area contributed by atoms with Crippen LogP contribution in [0.5, 0.6) is 5.75 Å². The lowest BCUT2D eigenvalue weighted by Crippen LogP contribution is -2.08. The van der Waals surface area contributed by atoms with E-state index in [0.717, 1.165) is 16.7 Å². The van der Waals surface area contributed by atoms with E-state index in [4.69, 9.17) is 10.5 Å². The van der Waals surface area contributed by atoms with Crippen molar-refractivity contribution in [1.29, 1.82) is 0 Å². The van der Waals surface area contributed by atoms with Crippen molar-refractivity contribution in [3.63, 3.8) is 0 Å². The second kappa shape index (κ2) is 5.78. The molecule has 20 heavy (non-hydrogen) atoms. The van der Waals surface area contributed by atoms with Crippen LogP contribution >= 0.6 is 0 Å². The normalized spacial score (nSPS) is 10.3. The minimum Gasteiger partial charge on any atom is -0.496 e. The van der Waals surface area contributed by atoms with E-state index >= 15 is 0 Å². The van der Waals surface area contributed by atoms with E-state index in [1.54, 1.807) is 7.11 Å². The van der Waals surface area contributed by atoms with E-state index < -0.39 is 0 Å². The molecule has 2 aromatic rings. The maximum Gasteiger partial charge on any atom is 0.171 e. The highest BCUT2D eigenvalue weighted by Crippen LogP contribution is 2.26. The molecule has 0 bridgehead atoms. The fraction of sp³-hybridized carbons (Fsp3) is 0.235. The maximum absolute atomic E-state index is 12.5. The van der Waals surface area contributed by atoms with Gasteiger partial charge in [-0.25, -0.2) is 0 Å². The molecule has 2 aromatic carbocycles. The van der Waals surface area contributed by atoms with Crippen LogP contribution in [0.1, 0.15) is 27.0 Å². The third kappa shape index (κ3) is 2.99. The SMILES string of the molecule is COc1cc(C)cc(C)c1C(=O)Cc1cccc(N)c1. The minimum atomic E-state index is 0.0463. The van der Waals surface area contributed by atoms with Gasteiger partial charge in [0, 0.05) is 12.1 Å². The molecule has 0 radical (unpaired) electrons. The van der Waals surface area contributed by atoms with E-state index in [0.29, 0.717) is 23.4 Å². The number of ketones is 1. The molecular weight excluding hydrogens is 250 g/mol. The van der Waals surface area contributed by atoms with Gasteiger partial charge in [0.2, 0.25) is 0 Å². The molecule has 104 valence electrons. The van der Waals surface area contributed by atoms with Crippen LogP contribution < -0.4 is 10.5 Å². The maximum atomic E-state index is 12.5. The predicted octanol–water partition coefficient (Wildman–Crippen LogP) is 3.32. The van der Waals surface area contributed by atoms with Crippen molar-refractivity contribution in [3.8, 4) is 5.75 Å². The van der Waals surface area contributed by atoms with Crippen LogP contribution in [0.15, 0.2) is 36.4 Å². The lowest BCUT2D eigenvalue weighted by atomic mass is 9.96. The van der Waals surface area contributed by atoms with Gasteiger partial charge in [0.1, 0.15) is 5.75 Å². The third-order valence-corrected chi connectivity index (χ3v) is 3.26. The van der Waals surface area contributed by atoms with E-state index in [1.807, 2.05) is 50.2 Å². The molecule has 0 saturated heterocycles. The number of methoxy groups -OCH3 is 1. The van der Waals surface area contributed by atoms with Crippen LogP contribution in [0.3, 0.4) is 0 Å². The fourth-order valence-corrected chi connectivity index (χ4v) is 2.42. The van der Waals surface area contributed by atoms with Crippen LogP contribution in [-0.4, -0.2) is 12.9 Å². The van der Waals surface area contributed by atoms with Crippen molar-refractivity contribution in [1.82, 2.24) is 0 Å². The van der Waals surface area contributed by atoms with Gasteiger partial charge in [0.25, 0.3) is 0 Å². The first-order valence-corrected chi connectivity index (χ1v) is 6.54. The summed E-state index contributed by atoms with van der Waals surface area (Å²) in [5, 5.41) is 0. The number of carbonyl (C=O) groups is 1. The molecule has 0 unspecified atom stereocenters. The molecule has 0 atom stereocenters. The van der Waals surface area contributed by atoms with Gasteiger partial charge < -0.3 is 10.5 Å². The summed E-state index contributed by atoms with van der Waals surface area (Å²) in [7, 11) is 1.59. The summed E-state index contributed by atoms with van der Waals surface area (Å²) in [6, 6.07) is 11.3. The lowest BCUT2D eigenvalue weighted by molar-refractivity contribution is 0.0989. The zero-order chi connectivity index (χ0) is 14.7. The van der Waals surface area contributed by atoms with Gasteiger partial charge in [-0.1, -0.05) is 18.2 Å². The number of anilines is 1. The van der Waals surface area contributed by atoms with Gasteiger partial charge in [-0.2, -0.15) is 0 Å². The summed E-state index contributed by atoms with van der Waals surface area (Å²) in [5.41, 5.74) is 10.0. The lowest BCUT2D eigenvalue weighted by Gasteiger charge is -2.12. The highest BCUT2D eigenvalue weighted by Gasteiger charge is 2.16. The highest BCUT2D eigenvalue weighted by atomic mass is 16.5. The molecular formula is C17H19NO2. The molecule has 0 aromatic heterocycles. The Morgan fingerprint density at radius 1 is 1.20 bits per heavy atom. The molecule has 0 fully saturated rings. The fourth-order valence-electron chi connectivity index (χ4n) is 2.42. The smallest absolute Gasteiger partial charge is 0.171 e. The average Bonchev–Trinajstić information content (AvgIpc) is 2.37. The van der Waals surface area contributed by atoms with Crippen LogP contribution in [0.4, 0.5) is 5.69 Å². The van der Waals surface area contributed by atoms with Crippen molar-refractivity contribution in [3.05, 3.63) is 58.7 Å². The average molecular weight is 269 g/mol. The quantitative estimate of drug-likeness (QED) is 0.684. The molecule has 0 saturated carbocycles. The Morgan fingerprint density at radius 2 is 1.95 bits per heavy atom. The Bertz CT molecular complexity index is 647. The molecule has 2 N–H and O–H groups in total. The van der Waals surface area contributed by atoms with Crippen molar-refractivity contribution in [2.75, 3.05) is 12.8 Å². The van der Waals surface area contributed by atoms with Gasteiger partial charge in [-0.15, -0.1) is 0 Å². The molecule has 3 heteroatoms. The number of carbonyl (C=O) groups excluding carboxylic acids is 1. The zero-order valence-corrected chi connectivity index (χ0v) is 12.1. The Labute approximate surface area is 119 Å². The summed E-state index contributed by atoms with van der Waals surface area (Å²) in [5.74, 6) is 0.682. The van der Waals surface area contributed by atoms with Crippen LogP contribution in [-0.2, 0) is 6.42 Å². The molecule has 0 heterocycles. The second-order valence-electron chi connectivity index (χ2n) is 5.00. The third-order valence-electron chi connectivity index (χ3n) is 3.26. The van der Waals surface area contributed by atoms with E-state index in [2.05, 4.69) is 0 Å². The number of aryl methyl sites for hydroxylation is 2. The van der Waals surface area contributed by atoms with Crippen molar-refractivity contribution in [2.45, 2.75) is 20.3 Å². The topological polar surface area (TPSA) is 52.3 Å². The molecule has 0 spiro atoms. The van der Waals surface area contributed by atoms with Crippen molar-refractivity contribution < 1.29 is 9.53 Å². The van der Waals surface area contributed by atoms with Gasteiger partial charge in [-0.3, -0.25) is 4.79 Å². The van der Waals surface area contributed by atoms with E-state index in [9.17, 15) is 4.79 Å². The number of Topliss-reactive ketones (excluding diaryl/α,β-unsaturated/α-hetero) is 1. The summed E-state index contributed by atoms with van der Waals surface area (Å²) in [6.07, 6.45) is 0.325. The summed E-state index contributed by atoms with van der Waals surface area (Å²) in [4.78, 5) is 12.5. The number of hydrogen-bond donors (Lipinski definition) is 1. The molecule has 0 amide bonds. The zero-order valence-electron chi connectivity index (χ0n) is 12.1. The first-order chi connectivity index (χ1) is 9.51. The predicted molar refractivity (Wildman–Crippen MR) is 81.4 cm³/mol. The molecule has 0 aliphatic rings. The molecule has 2 rings (SSSR count). The number of benzene rings is 2. The minimum absolute atomic E-state index is 0.0463. The summed E-state index contributed by atoms with van der Waals surface area (Å²) in [6.45, 7) is 3.92. The van der Waals surface area contributed by atoms with Gasteiger partial charge >= 0.3 is 0 Å². The largest absolute Gasteiger partial charge is 0.496 e. The summed E-state index contributed by atoms with van der Waals surface area (Å²) >= 11 is 0. The van der Waals surface area contributed by atoms with Crippen molar-refractivity contribution in [2.24, 2.45) is 0 Å². The summed E-state index contributed by atoms with van der Waals surface area (Å²) < 4.78 is 5.34. The molecule has 0 aliphatic heterocycles. The number of nitrogens with two attached hydrogens (primary N) is 1. The van der Waals surface area contributed by atoms with Crippen LogP contribution in [0, 0.1) is 13.8 Å². The first-order valence-electron chi connectivity index (χ1n) is 6.54. The van der Waals surface area contributed by atoms with Gasteiger partial charge in [0.05, 0.1) is 12.7 Å². The van der Waals surface area contributed by atoms with Gasteiger partial charge in [-0.05, 0) is 48.7 Å². The number of ether oxygens (including phenoxy) is 1. The standard InChI is InChI=1S/C17H19NO2/c1-11-7-12(2)17(16(8-11)20-3)15(19)10-13-5-4-6-14(18)9-13/h4-9H,10,18H2,1-3H3. The Kier molecular flexibility index (Phi) is 4.08. The Morgan fingerprint density at radius 3 is 2.60 bits per heavy atom. The Hall–Kier alpha value is -2.29. The number of nitrogen functional groups attached to an aromatic ring is 1. The highest BCUT2D eigenvalue weighted by molar-refractivity contribution is 6.01. The Balaban J connectivity index is 2.34. The molecule has 3 nitrogen and oxygen atoms in total. The first kappa shape index (κ1) is 14.1. The second-order valence-corrected chi connectivity index (χ2v) is 5.00. The number of rotatable bonds is 4. The van der Waals surface area contributed by atoms with Crippen LogP contribution in [0.25, 0.3) is 0 Å².